The lowest BCUT2D eigenvalue weighted by Crippen LogP contribution is -2.43. The van der Waals surface area contributed by atoms with Gasteiger partial charge in [-0.15, -0.1) is 0 Å². The zero-order valence-corrected chi connectivity index (χ0v) is 18.4. The molecule has 1 heterocycles. The molecule has 0 spiro atoms. The Morgan fingerprint density at radius 3 is 2.24 bits per heavy atom. The topological polar surface area (TPSA) is 80.3 Å². The van der Waals surface area contributed by atoms with Crippen LogP contribution in [0.15, 0.2) is 53.4 Å². The Bertz CT molecular complexity index is 1090. The smallest absolute Gasteiger partial charge is 0.183 e. The zero-order valence-electron chi connectivity index (χ0n) is 16.7. The highest BCUT2D eigenvalue weighted by Crippen LogP contribution is 2.29. The fraction of sp³-hybridized carbons (Fsp3) is 0.429. The summed E-state index contributed by atoms with van der Waals surface area (Å²) in [5.41, 5.74) is 1.23. The van der Waals surface area contributed by atoms with Crippen LogP contribution in [0.1, 0.15) is 31.9 Å². The molecule has 0 amide bonds. The van der Waals surface area contributed by atoms with E-state index in [0.29, 0.717) is 5.56 Å². The summed E-state index contributed by atoms with van der Waals surface area (Å²) in [6, 6.07) is 11.9. The normalized spacial score (nSPS) is 21.9. The van der Waals surface area contributed by atoms with Gasteiger partial charge in [0.05, 0.1) is 21.7 Å². The van der Waals surface area contributed by atoms with E-state index in [4.69, 9.17) is 0 Å². The predicted molar refractivity (Wildman–Crippen MR) is 112 cm³/mol. The van der Waals surface area contributed by atoms with Gasteiger partial charge >= 0.3 is 0 Å². The van der Waals surface area contributed by atoms with Crippen LogP contribution in [0.5, 0.6) is 0 Å². The zero-order chi connectivity index (χ0) is 21.4. The third kappa shape index (κ3) is 4.87. The van der Waals surface area contributed by atoms with Crippen molar-refractivity contribution in [2.45, 2.75) is 48.9 Å². The summed E-state index contributed by atoms with van der Waals surface area (Å²) in [5.74, 6) is -1.14. The quantitative estimate of drug-likeness (QED) is 0.775. The molecule has 2 aromatic carbocycles. The average molecular weight is 440 g/mol. The standard InChI is InChI=1S/C21H26FNO4S2/c1-21(2,3)16-8-10-17(11-9-16)29(26,27)20-14-28(24,25)13-19(20)23-12-15-6-4-5-7-18(15)22/h4-11,19-20,23H,12-14H2,1-3H3/t19-,20-/m0/s1. The number of rotatable bonds is 5. The summed E-state index contributed by atoms with van der Waals surface area (Å²) >= 11 is 0. The minimum absolute atomic E-state index is 0.0574. The van der Waals surface area contributed by atoms with Crippen molar-refractivity contribution in [2.24, 2.45) is 0 Å². The molecule has 1 fully saturated rings. The molecule has 8 heteroatoms. The van der Waals surface area contributed by atoms with E-state index >= 15 is 0 Å². The van der Waals surface area contributed by atoms with Crippen LogP contribution in [0.3, 0.4) is 0 Å². The maximum Gasteiger partial charge on any atom is 0.183 e. The molecule has 5 nitrogen and oxygen atoms in total. The number of hydrogen-bond donors (Lipinski definition) is 1. The van der Waals surface area contributed by atoms with Crippen LogP contribution in [0.4, 0.5) is 4.39 Å². The molecule has 29 heavy (non-hydrogen) atoms. The molecule has 1 saturated heterocycles. The van der Waals surface area contributed by atoms with Crippen molar-refractivity contribution in [2.75, 3.05) is 11.5 Å². The highest BCUT2D eigenvalue weighted by molar-refractivity contribution is 7.96. The van der Waals surface area contributed by atoms with E-state index in [-0.39, 0.29) is 22.6 Å². The van der Waals surface area contributed by atoms with Crippen LogP contribution in [-0.2, 0) is 31.6 Å². The third-order valence-corrected chi connectivity index (χ3v) is 9.43. The lowest BCUT2D eigenvalue weighted by Gasteiger charge is -2.22. The first-order valence-electron chi connectivity index (χ1n) is 9.42. The van der Waals surface area contributed by atoms with E-state index in [2.05, 4.69) is 5.32 Å². The van der Waals surface area contributed by atoms with Crippen LogP contribution >= 0.6 is 0 Å². The molecule has 0 radical (unpaired) electrons. The summed E-state index contributed by atoms with van der Waals surface area (Å²) in [5, 5.41) is 1.85. The molecule has 0 bridgehead atoms. The van der Waals surface area contributed by atoms with Crippen molar-refractivity contribution >= 4 is 19.7 Å². The monoisotopic (exact) mass is 439 g/mol. The second-order valence-electron chi connectivity index (χ2n) is 8.51. The van der Waals surface area contributed by atoms with Crippen LogP contribution in [0, 0.1) is 5.82 Å². The number of hydrogen-bond acceptors (Lipinski definition) is 5. The lowest BCUT2D eigenvalue weighted by molar-refractivity contribution is 0.515. The molecule has 0 aromatic heterocycles. The highest BCUT2D eigenvalue weighted by Gasteiger charge is 2.45. The Hall–Kier alpha value is -1.77. The summed E-state index contributed by atoms with van der Waals surface area (Å²) < 4.78 is 64.7. The van der Waals surface area contributed by atoms with Crippen LogP contribution in [0.25, 0.3) is 0 Å². The molecule has 1 aliphatic heterocycles. The molecular formula is C21H26FNO4S2. The molecule has 2 atom stereocenters. The van der Waals surface area contributed by atoms with Crippen molar-refractivity contribution < 1.29 is 21.2 Å². The summed E-state index contributed by atoms with van der Waals surface area (Å²) in [6.07, 6.45) is 0. The first-order chi connectivity index (χ1) is 13.4. The van der Waals surface area contributed by atoms with E-state index in [9.17, 15) is 21.2 Å². The van der Waals surface area contributed by atoms with E-state index < -0.39 is 42.5 Å². The second kappa shape index (κ2) is 7.81. The molecule has 0 aliphatic carbocycles. The van der Waals surface area contributed by atoms with Gasteiger partial charge in [-0.2, -0.15) is 0 Å². The molecular weight excluding hydrogens is 413 g/mol. The van der Waals surface area contributed by atoms with Gasteiger partial charge in [0.25, 0.3) is 0 Å². The number of benzene rings is 2. The fourth-order valence-electron chi connectivity index (χ4n) is 3.51. The second-order valence-corrected chi connectivity index (χ2v) is 12.8. The Morgan fingerprint density at radius 1 is 1.03 bits per heavy atom. The Kier molecular flexibility index (Phi) is 5.91. The number of nitrogens with one attached hydrogen (secondary N) is 1. The van der Waals surface area contributed by atoms with Crippen molar-refractivity contribution in [3.63, 3.8) is 0 Å². The largest absolute Gasteiger partial charge is 0.307 e. The minimum Gasteiger partial charge on any atom is -0.307 e. The maximum absolute atomic E-state index is 13.9. The van der Waals surface area contributed by atoms with Crippen molar-refractivity contribution in [1.82, 2.24) is 5.32 Å². The van der Waals surface area contributed by atoms with Gasteiger partial charge in [0.15, 0.2) is 19.7 Å². The van der Waals surface area contributed by atoms with Crippen LogP contribution in [0.2, 0.25) is 0 Å². The van der Waals surface area contributed by atoms with E-state index in [0.717, 1.165) is 5.56 Å². The predicted octanol–water partition coefficient (Wildman–Crippen LogP) is 2.85. The van der Waals surface area contributed by atoms with Gasteiger partial charge in [0.1, 0.15) is 5.82 Å². The lowest BCUT2D eigenvalue weighted by atomic mass is 9.87. The first-order valence-corrected chi connectivity index (χ1v) is 12.8. The Labute approximate surface area is 172 Å². The van der Waals surface area contributed by atoms with Gasteiger partial charge in [-0.05, 0) is 29.2 Å². The highest BCUT2D eigenvalue weighted by atomic mass is 32.2. The van der Waals surface area contributed by atoms with Crippen molar-refractivity contribution in [3.8, 4) is 0 Å². The van der Waals surface area contributed by atoms with Crippen molar-refractivity contribution in [1.29, 1.82) is 0 Å². The molecule has 0 unspecified atom stereocenters. The fourth-order valence-corrected chi connectivity index (χ4v) is 8.23. The third-order valence-electron chi connectivity index (χ3n) is 5.26. The van der Waals surface area contributed by atoms with Gasteiger partial charge in [0.2, 0.25) is 0 Å². The summed E-state index contributed by atoms with van der Waals surface area (Å²) in [4.78, 5) is 0.102. The van der Waals surface area contributed by atoms with Gasteiger partial charge in [-0.3, -0.25) is 0 Å². The van der Waals surface area contributed by atoms with E-state index in [1.807, 2.05) is 20.8 Å². The minimum atomic E-state index is -3.87. The number of sulfone groups is 2. The molecule has 158 valence electrons. The SMILES string of the molecule is CC(C)(C)c1ccc(S(=O)(=O)[C@H]2CS(=O)(=O)C[C@@H]2NCc2ccccc2F)cc1. The van der Waals surface area contributed by atoms with E-state index in [1.54, 1.807) is 30.3 Å². The van der Waals surface area contributed by atoms with Gasteiger partial charge in [-0.25, -0.2) is 21.2 Å². The maximum atomic E-state index is 13.9. The van der Waals surface area contributed by atoms with E-state index in [1.165, 1.54) is 18.2 Å². The molecule has 0 saturated carbocycles. The van der Waals surface area contributed by atoms with Crippen LogP contribution in [-0.4, -0.2) is 39.6 Å². The summed E-state index contributed by atoms with van der Waals surface area (Å²) in [7, 11) is -7.39. The van der Waals surface area contributed by atoms with Gasteiger partial charge in [0, 0.05) is 18.2 Å². The molecule has 1 N–H and O–H groups in total. The van der Waals surface area contributed by atoms with Crippen molar-refractivity contribution in [3.05, 3.63) is 65.5 Å². The molecule has 1 aliphatic rings. The Morgan fingerprint density at radius 2 is 1.66 bits per heavy atom. The number of halogens is 1. The van der Waals surface area contributed by atoms with Gasteiger partial charge in [-0.1, -0.05) is 51.1 Å². The molecule has 2 aromatic rings. The summed E-state index contributed by atoms with van der Waals surface area (Å²) in [6.45, 7) is 6.15. The van der Waals surface area contributed by atoms with Gasteiger partial charge < -0.3 is 5.32 Å². The average Bonchev–Trinajstić information content (AvgIpc) is 2.96. The first kappa shape index (κ1) is 21.9. The van der Waals surface area contributed by atoms with Crippen LogP contribution < -0.4 is 5.32 Å². The molecule has 3 rings (SSSR count). The Balaban J connectivity index is 1.86.